The van der Waals surface area contributed by atoms with E-state index in [1.807, 2.05) is 30.3 Å². The van der Waals surface area contributed by atoms with Gasteiger partial charge in [-0.1, -0.05) is 18.2 Å². The fourth-order valence-electron chi connectivity index (χ4n) is 2.36. The lowest BCUT2D eigenvalue weighted by Gasteiger charge is -2.01. The molecule has 0 atom stereocenters. The monoisotopic (exact) mass is 308 g/mol. The number of rotatable bonds is 3. The van der Waals surface area contributed by atoms with Crippen LogP contribution in [0.25, 0.3) is 22.4 Å². The maximum absolute atomic E-state index is 11.8. The molecule has 23 heavy (non-hydrogen) atoms. The van der Waals surface area contributed by atoms with Crippen molar-refractivity contribution in [3.8, 4) is 5.69 Å². The molecule has 114 valence electrons. The lowest BCUT2D eigenvalue weighted by atomic mass is 10.3. The van der Waals surface area contributed by atoms with Crippen molar-refractivity contribution in [2.24, 2.45) is 0 Å². The minimum atomic E-state index is -0.556. The van der Waals surface area contributed by atoms with E-state index in [1.165, 1.54) is 10.8 Å². The molecule has 0 fully saturated rings. The van der Waals surface area contributed by atoms with E-state index in [0.29, 0.717) is 16.7 Å². The molecule has 8 nitrogen and oxygen atoms in total. The van der Waals surface area contributed by atoms with Crippen LogP contribution in [-0.2, 0) is 4.74 Å². The lowest BCUT2D eigenvalue weighted by Crippen LogP contribution is -2.06. The fraction of sp³-hybridized carbons (Fsp3) is 0.133. The molecular weight excluding hydrogens is 296 g/mol. The van der Waals surface area contributed by atoms with Crippen LogP contribution in [0.15, 0.2) is 42.9 Å². The Bertz CT molecular complexity index is 1000. The van der Waals surface area contributed by atoms with Crippen LogP contribution >= 0.6 is 0 Å². The second-order valence-corrected chi connectivity index (χ2v) is 4.80. The third-order valence-electron chi connectivity index (χ3n) is 3.36. The number of para-hydroxylation sites is 1. The van der Waals surface area contributed by atoms with Gasteiger partial charge in [0.1, 0.15) is 6.33 Å². The zero-order valence-electron chi connectivity index (χ0n) is 12.2. The summed E-state index contributed by atoms with van der Waals surface area (Å²) in [7, 11) is 0. The molecule has 3 aromatic heterocycles. The third kappa shape index (κ3) is 2.11. The largest absolute Gasteiger partial charge is 0.460 e. The van der Waals surface area contributed by atoms with Crippen LogP contribution in [0.3, 0.4) is 0 Å². The number of carbonyl (C=O) groups excluding carboxylic acids is 1. The van der Waals surface area contributed by atoms with E-state index >= 15 is 0 Å². The van der Waals surface area contributed by atoms with Crippen molar-refractivity contribution >= 4 is 22.6 Å². The molecule has 1 aromatic carbocycles. The maximum Gasteiger partial charge on any atom is 0.378 e. The van der Waals surface area contributed by atoms with E-state index in [2.05, 4.69) is 20.2 Å². The number of hydrogen-bond acceptors (Lipinski definition) is 6. The Labute approximate surface area is 130 Å². The quantitative estimate of drug-likeness (QED) is 0.535. The van der Waals surface area contributed by atoms with Gasteiger partial charge in [-0.25, -0.2) is 24.0 Å². The average Bonchev–Trinajstić information content (AvgIpc) is 3.19. The van der Waals surface area contributed by atoms with Gasteiger partial charge in [-0.15, -0.1) is 5.10 Å². The van der Waals surface area contributed by atoms with Gasteiger partial charge in [-0.05, 0) is 19.1 Å². The summed E-state index contributed by atoms with van der Waals surface area (Å²) in [6, 6.07) is 9.66. The average molecular weight is 308 g/mol. The molecule has 0 saturated heterocycles. The minimum Gasteiger partial charge on any atom is -0.460 e. The summed E-state index contributed by atoms with van der Waals surface area (Å²) in [5, 5.41) is 9.17. The summed E-state index contributed by atoms with van der Waals surface area (Å²) in [6.07, 6.45) is 3.17. The highest BCUT2D eigenvalue weighted by Crippen LogP contribution is 2.19. The molecule has 0 aliphatic heterocycles. The van der Waals surface area contributed by atoms with Gasteiger partial charge in [-0.2, -0.15) is 5.10 Å². The maximum atomic E-state index is 11.8. The molecule has 0 unspecified atom stereocenters. The number of benzene rings is 1. The van der Waals surface area contributed by atoms with E-state index in [9.17, 15) is 4.79 Å². The van der Waals surface area contributed by atoms with E-state index in [-0.39, 0.29) is 12.4 Å². The predicted octanol–water partition coefficient (Wildman–Crippen LogP) is 1.64. The molecule has 0 aliphatic carbocycles. The van der Waals surface area contributed by atoms with Gasteiger partial charge in [0.15, 0.2) is 11.3 Å². The molecule has 0 bridgehead atoms. The molecule has 0 N–H and O–H groups in total. The summed E-state index contributed by atoms with van der Waals surface area (Å²) >= 11 is 0. The first-order valence-electron chi connectivity index (χ1n) is 7.09. The number of carbonyl (C=O) groups is 1. The second-order valence-electron chi connectivity index (χ2n) is 4.80. The predicted molar refractivity (Wildman–Crippen MR) is 81.4 cm³/mol. The van der Waals surface area contributed by atoms with Crippen LogP contribution in [0, 0.1) is 0 Å². The van der Waals surface area contributed by atoms with Gasteiger partial charge < -0.3 is 4.74 Å². The van der Waals surface area contributed by atoms with Crippen molar-refractivity contribution < 1.29 is 9.53 Å². The van der Waals surface area contributed by atoms with Gasteiger partial charge in [-0.3, -0.25) is 0 Å². The van der Waals surface area contributed by atoms with Crippen LogP contribution in [0.5, 0.6) is 0 Å². The zero-order chi connectivity index (χ0) is 15.8. The van der Waals surface area contributed by atoms with Gasteiger partial charge in [0.2, 0.25) is 0 Å². The number of nitrogens with zero attached hydrogens (tertiary/aromatic N) is 6. The Kier molecular flexibility index (Phi) is 3.00. The second kappa shape index (κ2) is 5.16. The standard InChI is InChI=1S/C15H12N6O2/c1-2-23-15(22)12-18-14-11-8-17-21(10-6-4-3-5-7-10)13(11)16-9-20(14)19-12/h3-9H,2H2,1H3. The summed E-state index contributed by atoms with van der Waals surface area (Å²) in [5.74, 6) is -0.548. The molecule has 0 saturated carbocycles. The van der Waals surface area contributed by atoms with Gasteiger partial charge in [0.25, 0.3) is 5.82 Å². The highest BCUT2D eigenvalue weighted by Gasteiger charge is 2.17. The van der Waals surface area contributed by atoms with Crippen molar-refractivity contribution in [1.82, 2.24) is 29.4 Å². The molecular formula is C15H12N6O2. The molecule has 0 aliphatic rings. The van der Waals surface area contributed by atoms with Gasteiger partial charge in [0, 0.05) is 0 Å². The molecule has 4 aromatic rings. The first-order valence-corrected chi connectivity index (χ1v) is 7.09. The van der Waals surface area contributed by atoms with Crippen LogP contribution in [-0.4, -0.2) is 41.9 Å². The normalized spacial score (nSPS) is 11.2. The summed E-state index contributed by atoms with van der Waals surface area (Å²) in [5.41, 5.74) is 2.05. The third-order valence-corrected chi connectivity index (χ3v) is 3.36. The van der Waals surface area contributed by atoms with Crippen molar-refractivity contribution in [2.75, 3.05) is 6.61 Å². The lowest BCUT2D eigenvalue weighted by molar-refractivity contribution is 0.0512. The first kappa shape index (κ1) is 13.4. The SMILES string of the molecule is CCOC(=O)c1nc2c3cnn(-c4ccccc4)c3ncn2n1. The summed E-state index contributed by atoms with van der Waals surface area (Å²) in [4.78, 5) is 20.4. The topological polar surface area (TPSA) is 87.2 Å². The Morgan fingerprint density at radius 3 is 2.83 bits per heavy atom. The molecule has 0 radical (unpaired) electrons. The van der Waals surface area contributed by atoms with Gasteiger partial charge in [0.05, 0.1) is 23.9 Å². The first-order chi connectivity index (χ1) is 11.3. The van der Waals surface area contributed by atoms with Crippen LogP contribution in [0.1, 0.15) is 17.5 Å². The van der Waals surface area contributed by atoms with E-state index in [1.54, 1.807) is 17.8 Å². The molecule has 4 rings (SSSR count). The van der Waals surface area contributed by atoms with Crippen molar-refractivity contribution in [1.29, 1.82) is 0 Å². The molecule has 3 heterocycles. The summed E-state index contributed by atoms with van der Waals surface area (Å²) < 4.78 is 8.09. The highest BCUT2D eigenvalue weighted by molar-refractivity contribution is 5.92. The highest BCUT2D eigenvalue weighted by atomic mass is 16.5. The Morgan fingerprint density at radius 1 is 1.22 bits per heavy atom. The van der Waals surface area contributed by atoms with Gasteiger partial charge >= 0.3 is 5.97 Å². The Hall–Kier alpha value is -3.29. The smallest absolute Gasteiger partial charge is 0.378 e. The number of fused-ring (bicyclic) bond motifs is 3. The summed E-state index contributed by atoms with van der Waals surface area (Å²) in [6.45, 7) is 2.01. The van der Waals surface area contributed by atoms with Crippen LogP contribution in [0.4, 0.5) is 0 Å². The van der Waals surface area contributed by atoms with Crippen molar-refractivity contribution in [2.45, 2.75) is 6.92 Å². The number of ether oxygens (including phenoxy) is 1. The minimum absolute atomic E-state index is 0.00797. The number of hydrogen-bond donors (Lipinski definition) is 0. The Balaban J connectivity index is 1.90. The van der Waals surface area contributed by atoms with E-state index in [0.717, 1.165) is 5.69 Å². The molecule has 8 heteroatoms. The Morgan fingerprint density at radius 2 is 2.04 bits per heavy atom. The number of esters is 1. The van der Waals surface area contributed by atoms with Crippen molar-refractivity contribution in [3.63, 3.8) is 0 Å². The fourth-order valence-corrected chi connectivity index (χ4v) is 2.36. The van der Waals surface area contributed by atoms with E-state index in [4.69, 9.17) is 4.74 Å². The zero-order valence-corrected chi connectivity index (χ0v) is 12.2. The molecule has 0 spiro atoms. The van der Waals surface area contributed by atoms with E-state index < -0.39 is 5.97 Å². The van der Waals surface area contributed by atoms with Crippen LogP contribution < -0.4 is 0 Å². The molecule has 0 amide bonds. The van der Waals surface area contributed by atoms with Crippen LogP contribution in [0.2, 0.25) is 0 Å². The van der Waals surface area contributed by atoms with Crippen molar-refractivity contribution in [3.05, 3.63) is 48.7 Å². The number of aromatic nitrogens is 6.